The normalized spacial score (nSPS) is 15.7. The summed E-state index contributed by atoms with van der Waals surface area (Å²) < 4.78 is 34.6. The van der Waals surface area contributed by atoms with Gasteiger partial charge in [0.25, 0.3) is 0 Å². The third kappa shape index (κ3) is 4.38. The first-order valence-electron chi connectivity index (χ1n) is 12.5. The Hall–Kier alpha value is -3.98. The van der Waals surface area contributed by atoms with Gasteiger partial charge in [0.1, 0.15) is 40.8 Å². The number of aliphatic hydroxyl groups is 1. The van der Waals surface area contributed by atoms with Gasteiger partial charge in [-0.15, -0.1) is 0 Å². The molecule has 0 bridgehead atoms. The van der Waals surface area contributed by atoms with Crippen molar-refractivity contribution in [3.63, 3.8) is 0 Å². The van der Waals surface area contributed by atoms with Crippen LogP contribution in [0.15, 0.2) is 54.6 Å². The number of rotatable bonds is 8. The van der Waals surface area contributed by atoms with E-state index < -0.39 is 18.2 Å². The van der Waals surface area contributed by atoms with E-state index in [4.69, 9.17) is 40.0 Å². The fourth-order valence-electron chi connectivity index (χ4n) is 5.40. The smallest absolute Gasteiger partial charge is 0.341 e. The van der Waals surface area contributed by atoms with Gasteiger partial charge in [0, 0.05) is 22.6 Å². The summed E-state index contributed by atoms with van der Waals surface area (Å²) in [6.45, 7) is 0.241. The molecule has 1 N–H and O–H groups in total. The first-order valence-corrected chi connectivity index (χ1v) is 12.9. The number of fused-ring (bicyclic) bond motifs is 4. The Kier molecular flexibility index (Phi) is 7.76. The second-order valence-electron chi connectivity index (χ2n) is 9.15. The monoisotopic (exact) mass is 564 g/mol. The molecule has 208 valence electrons. The van der Waals surface area contributed by atoms with E-state index in [0.29, 0.717) is 55.3 Å². The van der Waals surface area contributed by atoms with E-state index in [1.807, 2.05) is 36.4 Å². The van der Waals surface area contributed by atoms with E-state index in [0.717, 1.165) is 5.56 Å². The molecule has 4 aromatic carbocycles. The fourth-order valence-corrected chi connectivity index (χ4v) is 5.68. The van der Waals surface area contributed by atoms with Gasteiger partial charge in [-0.05, 0) is 28.8 Å². The largest absolute Gasteiger partial charge is 0.496 e. The number of aliphatic hydroxyl groups excluding tert-OH is 1. The van der Waals surface area contributed by atoms with Crippen molar-refractivity contribution in [2.45, 2.75) is 18.8 Å². The van der Waals surface area contributed by atoms with Crippen LogP contribution in [0.2, 0.25) is 5.02 Å². The summed E-state index contributed by atoms with van der Waals surface area (Å²) >= 11 is 6.57. The van der Waals surface area contributed by atoms with Gasteiger partial charge in [0.2, 0.25) is 0 Å². The average molecular weight is 565 g/mol. The van der Waals surface area contributed by atoms with Gasteiger partial charge in [-0.1, -0.05) is 48.0 Å². The van der Waals surface area contributed by atoms with Crippen LogP contribution in [0, 0.1) is 0 Å². The summed E-state index contributed by atoms with van der Waals surface area (Å²) in [4.78, 5) is 12.7. The molecule has 2 unspecified atom stereocenters. The Labute approximate surface area is 236 Å². The number of hydrogen-bond donors (Lipinski definition) is 1. The van der Waals surface area contributed by atoms with Gasteiger partial charge in [0.15, 0.2) is 0 Å². The minimum absolute atomic E-state index is 0.202. The summed E-state index contributed by atoms with van der Waals surface area (Å²) in [7, 11) is 7.36. The summed E-state index contributed by atoms with van der Waals surface area (Å²) in [5.41, 5.74) is 3.32. The quantitative estimate of drug-likeness (QED) is 0.250. The molecule has 40 heavy (non-hydrogen) atoms. The highest BCUT2D eigenvalue weighted by molar-refractivity contribution is 6.34. The second-order valence-corrected chi connectivity index (χ2v) is 9.56. The van der Waals surface area contributed by atoms with Gasteiger partial charge in [-0.3, -0.25) is 0 Å². The van der Waals surface area contributed by atoms with Crippen molar-refractivity contribution in [1.29, 1.82) is 0 Å². The van der Waals surface area contributed by atoms with E-state index in [2.05, 4.69) is 0 Å². The molecule has 8 nitrogen and oxygen atoms in total. The molecule has 0 spiro atoms. The Balaban J connectivity index is 1.88. The van der Waals surface area contributed by atoms with E-state index in [1.165, 1.54) is 35.5 Å². The van der Waals surface area contributed by atoms with Crippen LogP contribution in [0.1, 0.15) is 39.3 Å². The molecule has 0 aliphatic heterocycles. The third-order valence-electron chi connectivity index (χ3n) is 7.14. The first kappa shape index (κ1) is 27.6. The molecule has 1 aliphatic carbocycles. The lowest BCUT2D eigenvalue weighted by Gasteiger charge is -2.35. The zero-order chi connectivity index (χ0) is 28.6. The molecule has 9 heteroatoms. The molecule has 0 saturated heterocycles. The topological polar surface area (TPSA) is 92.7 Å². The van der Waals surface area contributed by atoms with Crippen molar-refractivity contribution in [1.82, 2.24) is 0 Å². The lowest BCUT2D eigenvalue weighted by Crippen LogP contribution is -2.22. The minimum Gasteiger partial charge on any atom is -0.496 e. The molecule has 0 saturated carbocycles. The van der Waals surface area contributed by atoms with Crippen molar-refractivity contribution in [2.24, 2.45) is 0 Å². The van der Waals surface area contributed by atoms with Crippen LogP contribution in [0.4, 0.5) is 0 Å². The van der Waals surface area contributed by atoms with Crippen LogP contribution in [-0.4, -0.2) is 46.6 Å². The Morgan fingerprint density at radius 3 is 2.12 bits per heavy atom. The molecule has 0 aromatic heterocycles. The molecule has 1 aliphatic rings. The van der Waals surface area contributed by atoms with Crippen molar-refractivity contribution in [2.75, 3.05) is 35.5 Å². The van der Waals surface area contributed by atoms with Crippen LogP contribution in [0.25, 0.3) is 21.9 Å². The molecular weight excluding hydrogens is 536 g/mol. The van der Waals surface area contributed by atoms with E-state index >= 15 is 0 Å². The maximum Gasteiger partial charge on any atom is 0.341 e. The number of methoxy groups -OCH3 is 5. The summed E-state index contributed by atoms with van der Waals surface area (Å²) in [6, 6.07) is 16.4. The predicted octanol–water partition coefficient (Wildman–Crippen LogP) is 6.29. The SMILES string of the molecule is COC(=O)c1ccc2c(c1OC)-c1c(cc3c(OC)c(Cl)cc(OC)c3c1OC)C(OCc1ccccc1)C2O. The zero-order valence-corrected chi connectivity index (χ0v) is 23.5. The van der Waals surface area contributed by atoms with Crippen molar-refractivity contribution in [3.8, 4) is 34.1 Å². The molecular formula is C31H29ClO8. The number of benzene rings is 4. The zero-order valence-electron chi connectivity index (χ0n) is 22.7. The third-order valence-corrected chi connectivity index (χ3v) is 7.42. The highest BCUT2D eigenvalue weighted by Gasteiger charge is 2.40. The van der Waals surface area contributed by atoms with Gasteiger partial charge in [0.05, 0.1) is 52.6 Å². The van der Waals surface area contributed by atoms with Gasteiger partial charge >= 0.3 is 5.97 Å². The van der Waals surface area contributed by atoms with E-state index in [1.54, 1.807) is 18.2 Å². The van der Waals surface area contributed by atoms with Crippen LogP contribution < -0.4 is 18.9 Å². The number of ether oxygens (including phenoxy) is 6. The molecule has 4 aromatic rings. The number of hydrogen-bond acceptors (Lipinski definition) is 8. The second kappa shape index (κ2) is 11.3. The van der Waals surface area contributed by atoms with Crippen LogP contribution in [-0.2, 0) is 16.1 Å². The lowest BCUT2D eigenvalue weighted by atomic mass is 9.78. The minimum atomic E-state index is -1.11. The summed E-state index contributed by atoms with van der Waals surface area (Å²) in [5, 5.41) is 13.3. The maximum absolute atomic E-state index is 12.7. The van der Waals surface area contributed by atoms with Crippen molar-refractivity contribution >= 4 is 28.3 Å². The fraction of sp³-hybridized carbons (Fsp3) is 0.258. The predicted molar refractivity (Wildman–Crippen MR) is 151 cm³/mol. The van der Waals surface area contributed by atoms with Crippen LogP contribution in [0.5, 0.6) is 23.0 Å². The Morgan fingerprint density at radius 2 is 1.50 bits per heavy atom. The Morgan fingerprint density at radius 1 is 0.825 bits per heavy atom. The average Bonchev–Trinajstić information content (AvgIpc) is 2.98. The van der Waals surface area contributed by atoms with Gasteiger partial charge in [-0.25, -0.2) is 4.79 Å². The van der Waals surface area contributed by atoms with E-state index in [-0.39, 0.29) is 17.9 Å². The van der Waals surface area contributed by atoms with Gasteiger partial charge < -0.3 is 33.5 Å². The number of esters is 1. The molecule has 0 amide bonds. The van der Waals surface area contributed by atoms with Crippen LogP contribution in [0.3, 0.4) is 0 Å². The first-order chi connectivity index (χ1) is 19.4. The van der Waals surface area contributed by atoms with E-state index in [9.17, 15) is 9.90 Å². The highest BCUT2D eigenvalue weighted by atomic mass is 35.5. The van der Waals surface area contributed by atoms with Gasteiger partial charge in [-0.2, -0.15) is 0 Å². The standard InChI is InChI=1S/C31H29ClO8/c1-35-22-14-21(32)27(36-2)19-13-20-25(30(38-4)23(19)22)24-17(11-12-18(28(24)37-3)31(34)39-5)26(33)29(20)40-15-16-9-7-6-8-10-16/h6-14,26,29,33H,15H2,1-5H3. The number of carbonyl (C=O) groups is 1. The summed E-state index contributed by atoms with van der Waals surface area (Å²) in [5.74, 6) is 0.947. The molecule has 5 rings (SSSR count). The highest BCUT2D eigenvalue weighted by Crippen LogP contribution is 2.58. The summed E-state index contributed by atoms with van der Waals surface area (Å²) in [6.07, 6.45) is -1.93. The molecule has 0 fully saturated rings. The molecule has 2 atom stereocenters. The van der Waals surface area contributed by atoms with Crippen LogP contribution >= 0.6 is 11.6 Å². The Bertz CT molecular complexity index is 1580. The van der Waals surface area contributed by atoms with Crippen molar-refractivity contribution in [3.05, 3.63) is 81.9 Å². The molecule has 0 radical (unpaired) electrons. The maximum atomic E-state index is 12.7. The molecule has 0 heterocycles. The lowest BCUT2D eigenvalue weighted by molar-refractivity contribution is -0.0509. The van der Waals surface area contributed by atoms with Crippen molar-refractivity contribution < 1.29 is 38.3 Å². The number of carbonyl (C=O) groups excluding carboxylic acids is 1. The number of halogens is 1.